The van der Waals surface area contributed by atoms with Crippen LogP contribution in [0.25, 0.3) is 0 Å². The average molecular weight is 512 g/mol. The number of aryl methyl sites for hydroxylation is 2. The molecule has 35 heavy (non-hydrogen) atoms. The smallest absolute Gasteiger partial charge is 0.324 e. The lowest BCUT2D eigenvalue weighted by Gasteiger charge is -2.23. The lowest BCUT2D eigenvalue weighted by Crippen LogP contribution is -2.43. The first kappa shape index (κ1) is 23.2. The highest BCUT2D eigenvalue weighted by molar-refractivity contribution is 7.89. The Morgan fingerprint density at radius 3 is 2.60 bits per heavy atom. The lowest BCUT2D eigenvalue weighted by atomic mass is 10.1. The van der Waals surface area contributed by atoms with Crippen molar-refractivity contribution in [1.82, 2.24) is 19.4 Å². The van der Waals surface area contributed by atoms with Crippen LogP contribution >= 0.6 is 0 Å². The Morgan fingerprint density at radius 2 is 1.94 bits per heavy atom. The summed E-state index contributed by atoms with van der Waals surface area (Å²) in [6.45, 7) is 2.34. The number of carbonyl (C=O) groups excluding carboxylic acids is 1. The van der Waals surface area contributed by atoms with Gasteiger partial charge in [-0.2, -0.15) is 4.98 Å². The summed E-state index contributed by atoms with van der Waals surface area (Å²) in [5.74, 6) is -5.65. The molecule has 2 aromatic heterocycles. The van der Waals surface area contributed by atoms with E-state index >= 15 is 0 Å². The average Bonchev–Trinajstić information content (AvgIpc) is 3.46. The molecule has 1 amide bonds. The molecular weight excluding hydrogens is 493 g/mol. The highest BCUT2D eigenvalue weighted by Crippen LogP contribution is 2.35. The van der Waals surface area contributed by atoms with E-state index in [0.29, 0.717) is 24.5 Å². The number of hydrogen-bond acceptors (Lipinski definition) is 8. The van der Waals surface area contributed by atoms with Crippen LogP contribution in [-0.2, 0) is 17.1 Å². The van der Waals surface area contributed by atoms with E-state index in [0.717, 1.165) is 0 Å². The van der Waals surface area contributed by atoms with Crippen molar-refractivity contribution in [1.29, 1.82) is 0 Å². The molecule has 0 saturated carbocycles. The molecule has 0 spiro atoms. The van der Waals surface area contributed by atoms with E-state index < -0.39 is 39.4 Å². The van der Waals surface area contributed by atoms with Crippen molar-refractivity contribution in [3.05, 3.63) is 47.3 Å². The van der Waals surface area contributed by atoms with Crippen molar-refractivity contribution in [2.75, 3.05) is 29.9 Å². The minimum atomic E-state index is -4.12. The van der Waals surface area contributed by atoms with Gasteiger partial charge >= 0.3 is 6.01 Å². The van der Waals surface area contributed by atoms with Crippen molar-refractivity contribution in [3.8, 4) is 5.75 Å². The van der Waals surface area contributed by atoms with E-state index in [2.05, 4.69) is 20.2 Å². The molecule has 5 rings (SSSR count). The first-order chi connectivity index (χ1) is 16.5. The summed E-state index contributed by atoms with van der Waals surface area (Å²) in [4.78, 5) is 18.6. The van der Waals surface area contributed by atoms with Crippen LogP contribution in [0.1, 0.15) is 16.3 Å². The van der Waals surface area contributed by atoms with Crippen LogP contribution < -0.4 is 19.7 Å². The Bertz CT molecular complexity index is 1420. The predicted molar refractivity (Wildman–Crippen MR) is 114 cm³/mol. The third-order valence-electron chi connectivity index (χ3n) is 5.83. The summed E-state index contributed by atoms with van der Waals surface area (Å²) in [5.41, 5.74) is -0.550. The number of ether oxygens (including phenoxy) is 1. The Balaban J connectivity index is 1.44. The van der Waals surface area contributed by atoms with Gasteiger partial charge in [-0.1, -0.05) is 5.16 Å². The van der Waals surface area contributed by atoms with E-state index in [9.17, 15) is 26.4 Å². The van der Waals surface area contributed by atoms with Crippen molar-refractivity contribution >= 4 is 27.6 Å². The first-order valence-electron chi connectivity index (χ1n) is 10.4. The standard InChI is InChI=1S/C20H19F3N6O5S/c1-9-24-20(34-26-9)29-5-10-8-33-18-15(35(31,32)27-14(10)6-29)7-28(2)17(18)19(30)25-11-3-12(21)16(23)13(22)4-11/h3-4,7,10,14,27H,5-6,8H2,1-2H3,(H,25,30). The number of amides is 1. The van der Waals surface area contributed by atoms with E-state index in [1.54, 1.807) is 11.8 Å². The van der Waals surface area contributed by atoms with Gasteiger partial charge < -0.3 is 24.0 Å². The lowest BCUT2D eigenvalue weighted by molar-refractivity contribution is 0.101. The SMILES string of the molecule is Cc1noc(N2CC3COc4c(cn(C)c4C(=O)Nc4cc(F)c(F)c(F)c4)S(=O)(=O)NC3C2)n1. The largest absolute Gasteiger partial charge is 0.489 e. The summed E-state index contributed by atoms with van der Waals surface area (Å²) >= 11 is 0. The summed E-state index contributed by atoms with van der Waals surface area (Å²) in [5, 5.41) is 5.99. The van der Waals surface area contributed by atoms with Gasteiger partial charge in [0.15, 0.2) is 34.7 Å². The van der Waals surface area contributed by atoms with E-state index in [1.165, 1.54) is 17.8 Å². The molecule has 3 aromatic rings. The fraction of sp³-hybridized carbons (Fsp3) is 0.350. The Kier molecular flexibility index (Phi) is 5.47. The molecule has 0 radical (unpaired) electrons. The minimum Gasteiger partial charge on any atom is -0.489 e. The molecule has 2 unspecified atom stereocenters. The summed E-state index contributed by atoms with van der Waals surface area (Å²) in [7, 11) is -2.70. The maximum absolute atomic E-state index is 13.6. The molecule has 186 valence electrons. The van der Waals surface area contributed by atoms with Gasteiger partial charge in [-0.25, -0.2) is 26.3 Å². The van der Waals surface area contributed by atoms with Crippen LogP contribution in [0, 0.1) is 30.3 Å². The summed E-state index contributed by atoms with van der Waals surface area (Å²) in [6.07, 6.45) is 1.20. The number of sulfonamides is 1. The fourth-order valence-corrected chi connectivity index (χ4v) is 5.67. The van der Waals surface area contributed by atoms with Crippen LogP contribution in [0.15, 0.2) is 27.7 Å². The fourth-order valence-electron chi connectivity index (χ4n) is 4.19. The minimum absolute atomic E-state index is 0.0495. The molecule has 0 aliphatic carbocycles. The number of nitrogens with zero attached hydrogens (tertiary/aromatic N) is 4. The van der Waals surface area contributed by atoms with Crippen molar-refractivity contribution in [3.63, 3.8) is 0 Å². The normalized spacial score (nSPS) is 21.0. The van der Waals surface area contributed by atoms with Crippen LogP contribution in [0.3, 0.4) is 0 Å². The predicted octanol–water partition coefficient (Wildman–Crippen LogP) is 1.56. The molecule has 0 bridgehead atoms. The number of hydrogen-bond donors (Lipinski definition) is 2. The van der Waals surface area contributed by atoms with Gasteiger partial charge in [0.1, 0.15) is 4.90 Å². The maximum Gasteiger partial charge on any atom is 0.324 e. The number of carbonyl (C=O) groups is 1. The second-order valence-electron chi connectivity index (χ2n) is 8.32. The van der Waals surface area contributed by atoms with E-state index in [-0.39, 0.29) is 47.1 Å². The van der Waals surface area contributed by atoms with Gasteiger partial charge in [-0.3, -0.25) is 4.79 Å². The van der Waals surface area contributed by atoms with Gasteiger partial charge in [0.05, 0.1) is 6.61 Å². The third kappa shape index (κ3) is 4.10. The third-order valence-corrected chi connectivity index (χ3v) is 7.31. The van der Waals surface area contributed by atoms with Crippen LogP contribution in [0.2, 0.25) is 0 Å². The number of aromatic nitrogens is 3. The van der Waals surface area contributed by atoms with Crippen molar-refractivity contribution < 1.29 is 35.6 Å². The van der Waals surface area contributed by atoms with Crippen LogP contribution in [0.4, 0.5) is 24.9 Å². The number of fused-ring (bicyclic) bond motifs is 2. The molecule has 1 fully saturated rings. The molecule has 2 atom stereocenters. The number of halogens is 3. The molecule has 1 saturated heterocycles. The Labute approximate surface area is 196 Å². The molecule has 4 heterocycles. The second-order valence-corrected chi connectivity index (χ2v) is 10.0. The first-order valence-corrected chi connectivity index (χ1v) is 11.9. The topological polar surface area (TPSA) is 132 Å². The summed E-state index contributed by atoms with van der Waals surface area (Å²) in [6, 6.07) is 0.951. The molecule has 2 N–H and O–H groups in total. The molecule has 11 nitrogen and oxygen atoms in total. The highest BCUT2D eigenvalue weighted by atomic mass is 32.2. The van der Waals surface area contributed by atoms with E-state index in [4.69, 9.17) is 9.26 Å². The zero-order chi connectivity index (χ0) is 25.1. The molecular formula is C20H19F3N6O5S. The van der Waals surface area contributed by atoms with Gasteiger partial charge in [-0.05, 0) is 6.92 Å². The van der Waals surface area contributed by atoms with Crippen LogP contribution in [-0.4, -0.2) is 54.8 Å². The molecule has 15 heteroatoms. The Morgan fingerprint density at radius 1 is 1.23 bits per heavy atom. The van der Waals surface area contributed by atoms with Gasteiger partial charge in [0.2, 0.25) is 10.0 Å². The molecule has 2 aliphatic heterocycles. The molecule has 1 aromatic carbocycles. The van der Waals surface area contributed by atoms with Crippen molar-refractivity contribution in [2.45, 2.75) is 17.9 Å². The number of anilines is 2. The quantitative estimate of drug-likeness (QED) is 0.506. The van der Waals surface area contributed by atoms with Gasteiger partial charge in [-0.15, -0.1) is 0 Å². The van der Waals surface area contributed by atoms with Gasteiger partial charge in [0, 0.05) is 56.1 Å². The Hall–Kier alpha value is -3.59. The molecule has 2 aliphatic rings. The number of benzene rings is 1. The van der Waals surface area contributed by atoms with E-state index in [1.807, 2.05) is 0 Å². The maximum atomic E-state index is 13.6. The van der Waals surface area contributed by atoms with Crippen LogP contribution in [0.5, 0.6) is 5.75 Å². The van der Waals surface area contributed by atoms with Crippen molar-refractivity contribution in [2.24, 2.45) is 13.0 Å². The zero-order valence-corrected chi connectivity index (χ0v) is 19.2. The zero-order valence-electron chi connectivity index (χ0n) is 18.4. The highest BCUT2D eigenvalue weighted by Gasteiger charge is 2.42. The number of rotatable bonds is 3. The van der Waals surface area contributed by atoms with Gasteiger partial charge in [0.25, 0.3) is 5.91 Å². The second kappa shape index (κ2) is 8.27. The summed E-state index contributed by atoms with van der Waals surface area (Å²) < 4.78 is 81.6. The number of nitrogens with one attached hydrogen (secondary N) is 2. The monoisotopic (exact) mass is 512 g/mol.